The van der Waals surface area contributed by atoms with Crippen molar-refractivity contribution in [3.63, 3.8) is 0 Å². The Morgan fingerprint density at radius 2 is 1.88 bits per heavy atom. The maximum Gasteiger partial charge on any atom is 0.131 e. The summed E-state index contributed by atoms with van der Waals surface area (Å²) in [6, 6.07) is 18.5. The molecule has 0 radical (unpaired) electrons. The van der Waals surface area contributed by atoms with Crippen molar-refractivity contribution in [1.82, 2.24) is 4.98 Å². The number of pyridine rings is 1. The van der Waals surface area contributed by atoms with E-state index >= 15 is 0 Å². The van der Waals surface area contributed by atoms with Crippen molar-refractivity contribution in [2.75, 3.05) is 5.32 Å². The van der Waals surface area contributed by atoms with Gasteiger partial charge in [-0.25, -0.2) is 4.98 Å². The highest BCUT2D eigenvalue weighted by Crippen LogP contribution is 2.27. The van der Waals surface area contributed by atoms with Gasteiger partial charge in [0, 0.05) is 11.1 Å². The molecule has 0 saturated carbocycles. The van der Waals surface area contributed by atoms with Crippen LogP contribution < -0.4 is 10.1 Å². The molecular weight excluding hydrogens is 296 g/mol. The molecule has 0 aliphatic carbocycles. The van der Waals surface area contributed by atoms with Gasteiger partial charge in [0.25, 0.3) is 0 Å². The Labute approximate surface area is 143 Å². The van der Waals surface area contributed by atoms with Crippen molar-refractivity contribution in [3.05, 3.63) is 60.2 Å². The average molecular weight is 320 g/mol. The first-order chi connectivity index (χ1) is 11.7. The lowest BCUT2D eigenvalue weighted by molar-refractivity contribution is 0.242. The maximum atomic E-state index is 5.82. The fourth-order valence-corrected chi connectivity index (χ4v) is 2.79. The fourth-order valence-electron chi connectivity index (χ4n) is 2.79. The smallest absolute Gasteiger partial charge is 0.131 e. The topological polar surface area (TPSA) is 34.1 Å². The zero-order valence-corrected chi connectivity index (χ0v) is 14.5. The van der Waals surface area contributed by atoms with E-state index < -0.39 is 0 Å². The molecule has 0 fully saturated rings. The number of nitrogens with one attached hydrogen (secondary N) is 1. The van der Waals surface area contributed by atoms with Crippen LogP contribution in [0.25, 0.3) is 10.9 Å². The van der Waals surface area contributed by atoms with E-state index in [1.165, 1.54) is 5.56 Å². The lowest BCUT2D eigenvalue weighted by atomic mass is 10.1. The molecule has 3 nitrogen and oxygen atoms in total. The second-order valence-electron chi connectivity index (χ2n) is 6.25. The van der Waals surface area contributed by atoms with Crippen LogP contribution in [0.15, 0.2) is 54.6 Å². The number of ether oxygens (including phenoxy) is 1. The summed E-state index contributed by atoms with van der Waals surface area (Å²) >= 11 is 0. The van der Waals surface area contributed by atoms with Gasteiger partial charge in [-0.1, -0.05) is 31.5 Å². The van der Waals surface area contributed by atoms with E-state index in [0.717, 1.165) is 41.0 Å². The van der Waals surface area contributed by atoms with Gasteiger partial charge in [0.15, 0.2) is 0 Å². The van der Waals surface area contributed by atoms with Crippen LogP contribution in [0.3, 0.4) is 0 Å². The predicted molar refractivity (Wildman–Crippen MR) is 101 cm³/mol. The molecule has 3 aromatic rings. The molecule has 0 saturated heterocycles. The van der Waals surface area contributed by atoms with E-state index in [2.05, 4.69) is 36.5 Å². The molecule has 0 unspecified atom stereocenters. The number of benzene rings is 2. The zero-order valence-electron chi connectivity index (χ0n) is 14.5. The molecule has 0 spiro atoms. The Balaban J connectivity index is 1.89. The standard InChI is InChI=1S/C21H24N2O/c1-4-7-17-14-18(24-15(2)3)11-12-20(17)23-21-13-10-16-8-5-6-9-19(16)22-21/h5-6,8-15H,4,7H2,1-3H3,(H,22,23). The largest absolute Gasteiger partial charge is 0.491 e. The third kappa shape index (κ3) is 3.85. The third-order valence-electron chi connectivity index (χ3n) is 3.83. The summed E-state index contributed by atoms with van der Waals surface area (Å²) in [5.41, 5.74) is 3.35. The molecule has 2 aromatic carbocycles. The highest BCUT2D eigenvalue weighted by molar-refractivity contribution is 5.80. The third-order valence-corrected chi connectivity index (χ3v) is 3.83. The van der Waals surface area contributed by atoms with E-state index in [1.54, 1.807) is 0 Å². The lowest BCUT2D eigenvalue weighted by Crippen LogP contribution is -2.06. The molecule has 24 heavy (non-hydrogen) atoms. The van der Waals surface area contributed by atoms with Crippen LogP contribution in [0.5, 0.6) is 5.75 Å². The molecule has 1 aromatic heterocycles. The molecule has 0 bridgehead atoms. The van der Waals surface area contributed by atoms with Crippen LogP contribution >= 0.6 is 0 Å². The number of hydrogen-bond donors (Lipinski definition) is 1. The van der Waals surface area contributed by atoms with Crippen LogP contribution in [-0.2, 0) is 6.42 Å². The van der Waals surface area contributed by atoms with Crippen LogP contribution in [-0.4, -0.2) is 11.1 Å². The molecule has 0 aliphatic rings. The molecule has 0 amide bonds. The van der Waals surface area contributed by atoms with Crippen molar-refractivity contribution in [2.24, 2.45) is 0 Å². The Bertz CT molecular complexity index is 827. The molecular formula is C21H24N2O. The molecule has 1 heterocycles. The molecule has 0 aliphatic heterocycles. The number of nitrogens with zero attached hydrogens (tertiary/aromatic N) is 1. The molecule has 3 rings (SSSR count). The summed E-state index contributed by atoms with van der Waals surface area (Å²) in [6.07, 6.45) is 2.27. The van der Waals surface area contributed by atoms with E-state index in [4.69, 9.17) is 9.72 Å². The number of fused-ring (bicyclic) bond motifs is 1. The first kappa shape index (κ1) is 16.3. The van der Waals surface area contributed by atoms with Gasteiger partial charge in [-0.05, 0) is 62.2 Å². The van der Waals surface area contributed by atoms with E-state index in [-0.39, 0.29) is 6.10 Å². The van der Waals surface area contributed by atoms with Gasteiger partial charge in [0.1, 0.15) is 11.6 Å². The second-order valence-corrected chi connectivity index (χ2v) is 6.25. The lowest BCUT2D eigenvalue weighted by Gasteiger charge is -2.15. The van der Waals surface area contributed by atoms with Crippen molar-refractivity contribution >= 4 is 22.4 Å². The quantitative estimate of drug-likeness (QED) is 0.631. The highest BCUT2D eigenvalue weighted by Gasteiger charge is 2.07. The fraction of sp³-hybridized carbons (Fsp3) is 0.286. The van der Waals surface area contributed by atoms with E-state index in [9.17, 15) is 0 Å². The zero-order chi connectivity index (χ0) is 16.9. The summed E-state index contributed by atoms with van der Waals surface area (Å²) in [6.45, 7) is 6.28. The summed E-state index contributed by atoms with van der Waals surface area (Å²) < 4.78 is 5.82. The number of aromatic nitrogens is 1. The molecule has 3 heteroatoms. The Morgan fingerprint density at radius 3 is 2.67 bits per heavy atom. The highest BCUT2D eigenvalue weighted by atomic mass is 16.5. The normalized spacial score (nSPS) is 11.0. The summed E-state index contributed by atoms with van der Waals surface area (Å²) in [7, 11) is 0. The molecule has 124 valence electrons. The summed E-state index contributed by atoms with van der Waals surface area (Å²) in [4.78, 5) is 4.70. The SMILES string of the molecule is CCCc1cc(OC(C)C)ccc1Nc1ccc2ccccc2n1. The van der Waals surface area contributed by atoms with Gasteiger partial charge in [0.2, 0.25) is 0 Å². The first-order valence-corrected chi connectivity index (χ1v) is 8.58. The van der Waals surface area contributed by atoms with Crippen molar-refractivity contribution in [2.45, 2.75) is 39.7 Å². The molecule has 0 atom stereocenters. The van der Waals surface area contributed by atoms with E-state index in [0.29, 0.717) is 0 Å². The van der Waals surface area contributed by atoms with Crippen LogP contribution in [0, 0.1) is 0 Å². The summed E-state index contributed by atoms with van der Waals surface area (Å²) in [5, 5.41) is 4.61. The van der Waals surface area contributed by atoms with Crippen molar-refractivity contribution in [1.29, 1.82) is 0 Å². The van der Waals surface area contributed by atoms with Gasteiger partial charge in [-0.2, -0.15) is 0 Å². The van der Waals surface area contributed by atoms with Crippen LogP contribution in [0.1, 0.15) is 32.8 Å². The Hall–Kier alpha value is -2.55. The first-order valence-electron chi connectivity index (χ1n) is 8.58. The number of rotatable bonds is 6. The van der Waals surface area contributed by atoms with Crippen LogP contribution in [0.2, 0.25) is 0 Å². The number of aryl methyl sites for hydroxylation is 1. The Kier molecular flexibility index (Phi) is 4.99. The minimum absolute atomic E-state index is 0.181. The van der Waals surface area contributed by atoms with Gasteiger partial charge in [-0.3, -0.25) is 0 Å². The van der Waals surface area contributed by atoms with E-state index in [1.807, 2.05) is 44.2 Å². The van der Waals surface area contributed by atoms with Crippen molar-refractivity contribution < 1.29 is 4.74 Å². The predicted octanol–water partition coefficient (Wildman–Crippen LogP) is 5.72. The van der Waals surface area contributed by atoms with Crippen molar-refractivity contribution in [3.8, 4) is 5.75 Å². The minimum atomic E-state index is 0.181. The van der Waals surface area contributed by atoms with Gasteiger partial charge >= 0.3 is 0 Å². The van der Waals surface area contributed by atoms with Gasteiger partial charge in [-0.15, -0.1) is 0 Å². The number of hydrogen-bond acceptors (Lipinski definition) is 3. The second kappa shape index (κ2) is 7.35. The minimum Gasteiger partial charge on any atom is -0.491 e. The number of para-hydroxylation sites is 1. The van der Waals surface area contributed by atoms with Gasteiger partial charge < -0.3 is 10.1 Å². The monoisotopic (exact) mass is 320 g/mol. The van der Waals surface area contributed by atoms with Crippen LogP contribution in [0.4, 0.5) is 11.5 Å². The average Bonchev–Trinajstić information content (AvgIpc) is 2.57. The maximum absolute atomic E-state index is 5.82. The Morgan fingerprint density at radius 1 is 1.04 bits per heavy atom. The summed E-state index contributed by atoms with van der Waals surface area (Å²) in [5.74, 6) is 1.79. The molecule has 1 N–H and O–H groups in total. The van der Waals surface area contributed by atoms with Gasteiger partial charge in [0.05, 0.1) is 11.6 Å². The number of anilines is 2.